The highest BCUT2D eigenvalue weighted by Gasteiger charge is 2.33. The number of hydrogen-bond donors (Lipinski definition) is 5. The van der Waals surface area contributed by atoms with Gasteiger partial charge in [0.15, 0.2) is 0 Å². The van der Waals surface area contributed by atoms with Crippen LogP contribution in [0.5, 0.6) is 0 Å². The molecule has 4 aromatic rings. The number of carboxylic acids is 2. The Morgan fingerprint density at radius 1 is 0.885 bits per heavy atom. The average molecular weight is 853 g/mol. The van der Waals surface area contributed by atoms with Crippen LogP contribution in [0.2, 0.25) is 0 Å². The van der Waals surface area contributed by atoms with Gasteiger partial charge in [-0.2, -0.15) is 16.9 Å². The first-order valence-electron chi connectivity index (χ1n) is 20.2. The van der Waals surface area contributed by atoms with Crippen LogP contribution in [0.15, 0.2) is 84.4 Å². The van der Waals surface area contributed by atoms with Crippen molar-refractivity contribution in [3.8, 4) is 0 Å². The minimum absolute atomic E-state index is 0.0368. The van der Waals surface area contributed by atoms with Crippen LogP contribution in [0.4, 0.5) is 10.5 Å². The average Bonchev–Trinajstić information content (AvgIpc) is 3.70. The number of carboxylic acid groups (broad SMARTS) is 2. The van der Waals surface area contributed by atoms with Crippen LogP contribution in [-0.2, 0) is 37.1 Å². The third-order valence-corrected chi connectivity index (χ3v) is 11.0. The number of benzene rings is 2. The first-order chi connectivity index (χ1) is 29.4. The predicted molar refractivity (Wildman–Crippen MR) is 233 cm³/mol. The maximum absolute atomic E-state index is 14.0. The van der Waals surface area contributed by atoms with Crippen molar-refractivity contribution in [2.45, 2.75) is 82.8 Å². The minimum Gasteiger partial charge on any atom is -0.481 e. The quantitative estimate of drug-likeness (QED) is 0.0731. The second kappa shape index (κ2) is 23.0. The first kappa shape index (κ1) is 45.9. The van der Waals surface area contributed by atoms with E-state index in [1.165, 1.54) is 11.8 Å². The number of pyridine rings is 2. The standard InChI is InChI=1S/C40H43N7O6.C4H9NO2S/c48-31(15-17-38(50)51)14-16-37(49)43-19-3-1-2-4-22-47-39(52)34(32-7-5-9-35-33(32)8-6-20-42-35)23-36(45-47)27-10-12-30(13-11-27)44-40(53)46-25-28-18-21-41-24-29(28)26-46;1-8-2-3(5)4(6)7/h5-13,18,20-21,24,34H,1-4,14-17,19,22-23,25-26H2,(H,43,49)(H,44,53)(H,50,51);3H,2,5H2,1H3,(H,6,7)/t;3-/m.0/s1. The van der Waals surface area contributed by atoms with Crippen molar-refractivity contribution in [1.29, 1.82) is 0 Å². The van der Waals surface area contributed by atoms with E-state index in [-0.39, 0.29) is 49.3 Å². The lowest BCUT2D eigenvalue weighted by molar-refractivity contribution is -0.139. The summed E-state index contributed by atoms with van der Waals surface area (Å²) in [5.74, 6) is -2.46. The molecule has 2 aliphatic heterocycles. The number of urea groups is 1. The molecule has 1 unspecified atom stereocenters. The third kappa shape index (κ3) is 13.7. The van der Waals surface area contributed by atoms with E-state index < -0.39 is 23.9 Å². The molecule has 0 bridgehead atoms. The third-order valence-electron chi connectivity index (χ3n) is 10.3. The van der Waals surface area contributed by atoms with Gasteiger partial charge >= 0.3 is 18.0 Å². The summed E-state index contributed by atoms with van der Waals surface area (Å²) < 4.78 is 0. The van der Waals surface area contributed by atoms with Gasteiger partial charge in [0.05, 0.1) is 23.6 Å². The molecule has 0 saturated carbocycles. The largest absolute Gasteiger partial charge is 0.481 e. The summed E-state index contributed by atoms with van der Waals surface area (Å²) >= 11 is 1.43. The summed E-state index contributed by atoms with van der Waals surface area (Å²) in [5.41, 5.74) is 11.3. The maximum atomic E-state index is 14.0. The number of Topliss-reactive ketones (excluding diaryl/α,β-unsaturated/α-hetero) is 1. The lowest BCUT2D eigenvalue weighted by Crippen LogP contribution is -2.38. The number of nitrogens with one attached hydrogen (secondary N) is 2. The molecule has 4 amide bonds. The fourth-order valence-corrected chi connectivity index (χ4v) is 7.45. The molecule has 0 saturated heterocycles. The van der Waals surface area contributed by atoms with Gasteiger partial charge in [0.25, 0.3) is 5.91 Å². The fourth-order valence-electron chi connectivity index (χ4n) is 6.95. The molecule has 0 aliphatic carbocycles. The number of ketones is 1. The number of thioether (sulfide) groups is 1. The van der Waals surface area contributed by atoms with Crippen molar-refractivity contribution in [3.63, 3.8) is 0 Å². The van der Waals surface area contributed by atoms with Crippen LogP contribution in [0.25, 0.3) is 10.9 Å². The van der Waals surface area contributed by atoms with Crippen LogP contribution < -0.4 is 16.4 Å². The Morgan fingerprint density at radius 2 is 1.64 bits per heavy atom. The zero-order valence-corrected chi connectivity index (χ0v) is 34.9. The lowest BCUT2D eigenvalue weighted by atomic mass is 9.86. The Kier molecular flexibility index (Phi) is 17.3. The van der Waals surface area contributed by atoms with Gasteiger partial charge in [0, 0.05) is 87.3 Å². The summed E-state index contributed by atoms with van der Waals surface area (Å²) in [5, 5.41) is 30.0. The number of amides is 4. The fraction of sp³-hybridized carbons (Fsp3) is 0.386. The molecule has 2 aromatic heterocycles. The topological polar surface area (TPSA) is 238 Å². The summed E-state index contributed by atoms with van der Waals surface area (Å²) in [4.78, 5) is 81.8. The van der Waals surface area contributed by atoms with E-state index in [4.69, 9.17) is 21.0 Å². The summed E-state index contributed by atoms with van der Waals surface area (Å²) in [7, 11) is 0. The number of hydrazone groups is 1. The Morgan fingerprint density at radius 3 is 2.36 bits per heavy atom. The molecule has 2 atom stereocenters. The van der Waals surface area contributed by atoms with Gasteiger partial charge in [-0.3, -0.25) is 33.9 Å². The first-order valence-corrected chi connectivity index (χ1v) is 21.6. The molecule has 4 heterocycles. The summed E-state index contributed by atoms with van der Waals surface area (Å²) in [6.07, 6.45) is 10.4. The zero-order chi connectivity index (χ0) is 43.7. The number of carbonyl (C=O) groups excluding carboxylic acids is 4. The van der Waals surface area contributed by atoms with Crippen molar-refractivity contribution in [2.24, 2.45) is 10.8 Å². The van der Waals surface area contributed by atoms with E-state index >= 15 is 0 Å². The van der Waals surface area contributed by atoms with Crippen molar-refractivity contribution in [2.75, 3.05) is 30.4 Å². The Bertz CT molecular complexity index is 2190. The molecule has 16 nitrogen and oxygen atoms in total. The van der Waals surface area contributed by atoms with Gasteiger partial charge in [-0.1, -0.05) is 43.2 Å². The maximum Gasteiger partial charge on any atom is 0.322 e. The van der Waals surface area contributed by atoms with Crippen LogP contribution in [0.3, 0.4) is 0 Å². The Labute approximate surface area is 358 Å². The van der Waals surface area contributed by atoms with Gasteiger partial charge in [-0.15, -0.1) is 0 Å². The molecule has 0 spiro atoms. The molecule has 61 heavy (non-hydrogen) atoms. The number of unbranched alkanes of at least 4 members (excludes halogenated alkanes) is 3. The molecular weight excluding hydrogens is 801 g/mol. The van der Waals surface area contributed by atoms with Crippen LogP contribution in [-0.4, -0.2) is 103 Å². The molecule has 6 N–H and O–H groups in total. The Balaban J connectivity index is 0.000000800. The van der Waals surface area contributed by atoms with Crippen molar-refractivity contribution in [1.82, 2.24) is 25.2 Å². The molecule has 0 fully saturated rings. The number of carbonyl (C=O) groups is 6. The summed E-state index contributed by atoms with van der Waals surface area (Å²) in [6.45, 7) is 1.96. The van der Waals surface area contributed by atoms with E-state index in [1.54, 1.807) is 28.5 Å². The van der Waals surface area contributed by atoms with Crippen LogP contribution in [0.1, 0.15) is 86.0 Å². The number of hydrogen-bond acceptors (Lipinski definition) is 11. The molecule has 2 aromatic carbocycles. The van der Waals surface area contributed by atoms with Crippen LogP contribution in [0, 0.1) is 0 Å². The Hall–Kier alpha value is -6.20. The number of anilines is 1. The SMILES string of the molecule is CSC[C@H](N)C(=O)O.O=C(O)CCC(=O)CCC(=O)NCCCCCCN1N=C(c2ccc(NC(=O)N3Cc4ccncc4C3)cc2)CC(c2cccc3ncccc23)C1=O. The number of nitrogens with two attached hydrogens (primary N) is 1. The normalized spacial score (nSPS) is 15.0. The van der Waals surface area contributed by atoms with Crippen LogP contribution >= 0.6 is 11.8 Å². The summed E-state index contributed by atoms with van der Waals surface area (Å²) in [6, 6.07) is 18.3. The monoisotopic (exact) mass is 852 g/mol. The highest BCUT2D eigenvalue weighted by Crippen LogP contribution is 2.34. The van der Waals surface area contributed by atoms with E-state index in [1.807, 2.05) is 66.9 Å². The van der Waals surface area contributed by atoms with Crippen molar-refractivity contribution in [3.05, 3.63) is 102 Å². The molecule has 0 radical (unpaired) electrons. The molecule has 6 rings (SSSR count). The van der Waals surface area contributed by atoms with Gasteiger partial charge < -0.3 is 31.5 Å². The number of aromatic nitrogens is 2. The van der Waals surface area contributed by atoms with Gasteiger partial charge in [0.2, 0.25) is 5.91 Å². The lowest BCUT2D eigenvalue weighted by Gasteiger charge is -2.30. The van der Waals surface area contributed by atoms with E-state index in [0.29, 0.717) is 44.0 Å². The van der Waals surface area contributed by atoms with Gasteiger partial charge in [0.1, 0.15) is 11.8 Å². The second-order valence-corrected chi connectivity index (χ2v) is 15.7. The van der Waals surface area contributed by atoms with E-state index in [2.05, 4.69) is 20.6 Å². The molecular formula is C44H52N8O8S. The number of aliphatic carboxylic acids is 2. The highest BCUT2D eigenvalue weighted by atomic mass is 32.2. The van der Waals surface area contributed by atoms with E-state index in [9.17, 15) is 28.8 Å². The highest BCUT2D eigenvalue weighted by molar-refractivity contribution is 7.98. The molecule has 17 heteroatoms. The number of nitrogens with zero attached hydrogens (tertiary/aromatic N) is 5. The molecule has 2 aliphatic rings. The van der Waals surface area contributed by atoms with E-state index in [0.717, 1.165) is 64.6 Å². The van der Waals surface area contributed by atoms with Gasteiger partial charge in [-0.05, 0) is 71.7 Å². The van der Waals surface area contributed by atoms with Crippen molar-refractivity contribution >= 4 is 69.6 Å². The second-order valence-electron chi connectivity index (χ2n) is 14.8. The smallest absolute Gasteiger partial charge is 0.322 e. The minimum atomic E-state index is -1.03. The number of rotatable bonds is 19. The zero-order valence-electron chi connectivity index (χ0n) is 34.1. The number of fused-ring (bicyclic) bond motifs is 2. The van der Waals surface area contributed by atoms with Gasteiger partial charge in [-0.25, -0.2) is 9.80 Å². The van der Waals surface area contributed by atoms with Crippen molar-refractivity contribution < 1.29 is 39.0 Å². The molecule has 322 valence electrons. The predicted octanol–water partition coefficient (Wildman–Crippen LogP) is 5.55.